The van der Waals surface area contributed by atoms with E-state index in [4.69, 9.17) is 0 Å². The maximum Gasteiger partial charge on any atom is 0.268 e. The minimum atomic E-state index is -3.66. The number of benzene rings is 1. The fraction of sp³-hybridized carbons (Fsp3) is 0.526. The van der Waals surface area contributed by atoms with E-state index in [1.807, 2.05) is 19.1 Å². The van der Waals surface area contributed by atoms with Gasteiger partial charge in [-0.1, -0.05) is 17.7 Å². The van der Waals surface area contributed by atoms with E-state index in [0.29, 0.717) is 16.3 Å². The Morgan fingerprint density at radius 2 is 1.88 bits per heavy atom. The van der Waals surface area contributed by atoms with Gasteiger partial charge in [0.1, 0.15) is 4.90 Å². The number of aryl methyl sites for hydroxylation is 3. The Morgan fingerprint density at radius 3 is 2.54 bits per heavy atom. The number of likely N-dealkylation sites (tertiary alicyclic amines) is 1. The molecule has 0 spiro atoms. The molecule has 0 radical (unpaired) electrons. The molecule has 1 saturated heterocycles. The van der Waals surface area contributed by atoms with Gasteiger partial charge in [0.25, 0.3) is 10.0 Å². The topological polar surface area (TPSA) is 58.4 Å². The first kappa shape index (κ1) is 17.5. The molecule has 2 aromatic rings. The van der Waals surface area contributed by atoms with Crippen molar-refractivity contribution in [3.8, 4) is 0 Å². The second-order valence-electron chi connectivity index (χ2n) is 7.71. The van der Waals surface area contributed by atoms with Crippen molar-refractivity contribution in [1.29, 1.82) is 0 Å². The molecule has 0 aliphatic carbocycles. The Morgan fingerprint density at radius 1 is 1.15 bits per heavy atom. The Kier molecular flexibility index (Phi) is 3.93. The molecule has 1 aromatic carbocycles. The number of nitrogens with zero attached hydrogens (tertiary/aromatic N) is 4. The highest BCUT2D eigenvalue weighted by Gasteiger charge is 2.47. The summed E-state index contributed by atoms with van der Waals surface area (Å²) >= 11 is 0. The van der Waals surface area contributed by atoms with Crippen LogP contribution in [0.25, 0.3) is 0 Å². The first-order chi connectivity index (χ1) is 12.2. The molecule has 7 heteroatoms. The molecule has 4 rings (SSSR count). The minimum Gasteiger partial charge on any atom is -0.306 e. The molecule has 1 aromatic heterocycles. The largest absolute Gasteiger partial charge is 0.306 e. The molecule has 0 N–H and O–H groups in total. The molecule has 1 fully saturated rings. The van der Waals surface area contributed by atoms with Crippen LogP contribution in [0.2, 0.25) is 0 Å². The predicted octanol–water partition coefficient (Wildman–Crippen LogP) is 2.34. The number of aromatic nitrogens is 2. The van der Waals surface area contributed by atoms with Crippen LogP contribution in [-0.4, -0.2) is 49.3 Å². The lowest BCUT2D eigenvalue weighted by Crippen LogP contribution is -2.47. The summed E-state index contributed by atoms with van der Waals surface area (Å²) in [6.45, 7) is 7.46. The van der Waals surface area contributed by atoms with Crippen LogP contribution in [0.1, 0.15) is 34.9 Å². The summed E-state index contributed by atoms with van der Waals surface area (Å²) in [5.74, 6) is 0.218. The van der Waals surface area contributed by atoms with Crippen LogP contribution in [0.4, 0.5) is 5.69 Å². The van der Waals surface area contributed by atoms with E-state index in [0.717, 1.165) is 30.8 Å². The molecular formula is C19H26N4O2S. The lowest BCUT2D eigenvalue weighted by Gasteiger charge is -2.36. The zero-order valence-corrected chi connectivity index (χ0v) is 16.8. The van der Waals surface area contributed by atoms with E-state index in [9.17, 15) is 8.42 Å². The Hall–Kier alpha value is -1.86. The third-order valence-electron chi connectivity index (χ3n) is 5.86. The first-order valence-corrected chi connectivity index (χ1v) is 10.5. The normalized spacial score (nSPS) is 23.2. The van der Waals surface area contributed by atoms with Gasteiger partial charge < -0.3 is 4.90 Å². The molecule has 26 heavy (non-hydrogen) atoms. The average Bonchev–Trinajstić information content (AvgIpc) is 3.01. The number of piperidine rings is 1. The van der Waals surface area contributed by atoms with Crippen molar-refractivity contribution >= 4 is 15.7 Å². The van der Waals surface area contributed by atoms with Gasteiger partial charge in [0.15, 0.2) is 0 Å². The summed E-state index contributed by atoms with van der Waals surface area (Å²) in [4.78, 5) is 2.65. The lowest BCUT2D eigenvalue weighted by atomic mass is 9.89. The second-order valence-corrected chi connectivity index (χ2v) is 9.46. The minimum absolute atomic E-state index is 0.0213. The van der Waals surface area contributed by atoms with Crippen LogP contribution in [0.5, 0.6) is 0 Å². The van der Waals surface area contributed by atoms with E-state index in [2.05, 4.69) is 30.0 Å². The standard InChI is InChI=1S/C19H26N4O2S/c1-12-6-7-17-15(10-12)16-11-21(4)9-8-18(16)23(17)26(24,25)19-13(2)20-22(5)14(19)3/h6-7,10,16,18H,8-9,11H2,1-5H3/t16-,18-/m1/s1. The van der Waals surface area contributed by atoms with Crippen molar-refractivity contribution < 1.29 is 8.42 Å². The van der Waals surface area contributed by atoms with Crippen LogP contribution in [0, 0.1) is 20.8 Å². The number of likely N-dealkylation sites (N-methyl/N-ethyl adjacent to an activating group) is 1. The van der Waals surface area contributed by atoms with Gasteiger partial charge in [0.2, 0.25) is 0 Å². The SMILES string of the molecule is Cc1ccc2c(c1)[C@H]1CN(C)CC[C@H]1N2S(=O)(=O)c1c(C)nn(C)c1C. The molecule has 2 atom stereocenters. The van der Waals surface area contributed by atoms with Gasteiger partial charge in [-0.25, -0.2) is 8.42 Å². The van der Waals surface area contributed by atoms with Gasteiger partial charge in [-0.05, 0) is 52.4 Å². The van der Waals surface area contributed by atoms with E-state index >= 15 is 0 Å². The lowest BCUT2D eigenvalue weighted by molar-refractivity contribution is 0.237. The van der Waals surface area contributed by atoms with E-state index in [1.54, 1.807) is 23.0 Å². The van der Waals surface area contributed by atoms with Crippen molar-refractivity contribution in [3.05, 3.63) is 40.7 Å². The number of sulfonamides is 1. The number of rotatable bonds is 2. The van der Waals surface area contributed by atoms with Gasteiger partial charge in [-0.3, -0.25) is 8.99 Å². The molecule has 140 valence electrons. The van der Waals surface area contributed by atoms with Crippen molar-refractivity contribution in [2.75, 3.05) is 24.4 Å². The van der Waals surface area contributed by atoms with Crippen LogP contribution in [-0.2, 0) is 17.1 Å². The van der Waals surface area contributed by atoms with Crippen LogP contribution in [0.15, 0.2) is 23.1 Å². The highest BCUT2D eigenvalue weighted by molar-refractivity contribution is 7.93. The maximum atomic E-state index is 13.7. The third-order valence-corrected chi connectivity index (χ3v) is 7.95. The smallest absolute Gasteiger partial charge is 0.268 e. The highest BCUT2D eigenvalue weighted by atomic mass is 32.2. The van der Waals surface area contributed by atoms with Crippen molar-refractivity contribution in [2.24, 2.45) is 7.05 Å². The number of hydrogen-bond acceptors (Lipinski definition) is 4. The number of anilines is 1. The van der Waals surface area contributed by atoms with Crippen molar-refractivity contribution in [3.63, 3.8) is 0 Å². The summed E-state index contributed by atoms with van der Waals surface area (Å²) in [7, 11) is 0.240. The molecular weight excluding hydrogens is 348 g/mol. The molecule has 2 aliphatic heterocycles. The van der Waals surface area contributed by atoms with Crippen LogP contribution < -0.4 is 4.31 Å². The summed E-state index contributed by atoms with van der Waals surface area (Å²) in [5.41, 5.74) is 4.42. The van der Waals surface area contributed by atoms with Gasteiger partial charge in [0, 0.05) is 19.5 Å². The van der Waals surface area contributed by atoms with Gasteiger partial charge >= 0.3 is 0 Å². The van der Waals surface area contributed by atoms with E-state index in [-0.39, 0.29) is 12.0 Å². The Balaban J connectivity index is 1.91. The zero-order chi connectivity index (χ0) is 18.8. The number of fused-ring (bicyclic) bond motifs is 3. The van der Waals surface area contributed by atoms with Crippen LogP contribution in [0.3, 0.4) is 0 Å². The first-order valence-electron chi connectivity index (χ1n) is 9.05. The molecule has 6 nitrogen and oxygen atoms in total. The van der Waals surface area contributed by atoms with Gasteiger partial charge in [-0.2, -0.15) is 5.10 Å². The van der Waals surface area contributed by atoms with Gasteiger partial charge in [0.05, 0.1) is 23.1 Å². The Bertz CT molecular complexity index is 980. The van der Waals surface area contributed by atoms with Crippen molar-refractivity contribution in [2.45, 2.75) is 44.0 Å². The fourth-order valence-corrected chi connectivity index (χ4v) is 6.72. The predicted molar refractivity (Wildman–Crippen MR) is 102 cm³/mol. The molecule has 0 bridgehead atoms. The maximum absolute atomic E-state index is 13.7. The second kappa shape index (κ2) is 5.82. The summed E-state index contributed by atoms with van der Waals surface area (Å²) in [6, 6.07) is 6.12. The summed E-state index contributed by atoms with van der Waals surface area (Å²) in [5, 5.41) is 4.34. The van der Waals surface area contributed by atoms with E-state index < -0.39 is 10.0 Å². The Labute approximate surface area is 155 Å². The quantitative estimate of drug-likeness (QED) is 0.810. The molecule has 0 amide bonds. The average molecular weight is 375 g/mol. The van der Waals surface area contributed by atoms with Crippen molar-refractivity contribution in [1.82, 2.24) is 14.7 Å². The van der Waals surface area contributed by atoms with Gasteiger partial charge in [-0.15, -0.1) is 0 Å². The number of hydrogen-bond donors (Lipinski definition) is 0. The summed E-state index contributed by atoms with van der Waals surface area (Å²) < 4.78 is 30.8. The fourth-order valence-electron chi connectivity index (χ4n) is 4.57. The third kappa shape index (κ3) is 2.41. The van der Waals surface area contributed by atoms with Crippen LogP contribution >= 0.6 is 0 Å². The summed E-state index contributed by atoms with van der Waals surface area (Å²) in [6.07, 6.45) is 0.840. The molecule has 2 aliphatic rings. The highest BCUT2D eigenvalue weighted by Crippen LogP contribution is 2.47. The zero-order valence-electron chi connectivity index (χ0n) is 16.0. The molecule has 0 unspecified atom stereocenters. The monoisotopic (exact) mass is 374 g/mol. The molecule has 0 saturated carbocycles. The molecule has 3 heterocycles. The van der Waals surface area contributed by atoms with E-state index in [1.165, 1.54) is 5.56 Å².